The van der Waals surface area contributed by atoms with E-state index in [0.717, 1.165) is 11.0 Å². The molecule has 2 aromatic carbocycles. The number of furan rings is 1. The summed E-state index contributed by atoms with van der Waals surface area (Å²) in [6, 6.07) is 16.5. The van der Waals surface area contributed by atoms with E-state index in [1.54, 1.807) is 24.3 Å². The third-order valence-corrected chi connectivity index (χ3v) is 3.81. The summed E-state index contributed by atoms with van der Waals surface area (Å²) in [6.45, 7) is 0.161. The molecule has 1 N–H and O–H groups in total. The van der Waals surface area contributed by atoms with Gasteiger partial charge < -0.3 is 14.2 Å². The van der Waals surface area contributed by atoms with Crippen LogP contribution in [0.15, 0.2) is 68.2 Å². The van der Waals surface area contributed by atoms with Crippen LogP contribution in [0.5, 0.6) is 0 Å². The van der Waals surface area contributed by atoms with Crippen molar-refractivity contribution in [2.75, 3.05) is 0 Å². The minimum absolute atomic E-state index is 0.101. The van der Waals surface area contributed by atoms with E-state index >= 15 is 0 Å². The second-order valence-electron chi connectivity index (χ2n) is 5.45. The van der Waals surface area contributed by atoms with Crippen LogP contribution in [0.2, 0.25) is 0 Å². The van der Waals surface area contributed by atoms with Crippen molar-refractivity contribution in [3.63, 3.8) is 0 Å². The highest BCUT2D eigenvalue weighted by atomic mass is 16.4. The number of carbonyl (C=O) groups is 1. The molecule has 1 amide bonds. The number of para-hydroxylation sites is 3. The quantitative estimate of drug-likeness (QED) is 0.626. The summed E-state index contributed by atoms with van der Waals surface area (Å²) in [7, 11) is 0. The summed E-state index contributed by atoms with van der Waals surface area (Å²) >= 11 is 0. The van der Waals surface area contributed by atoms with E-state index in [-0.39, 0.29) is 19.0 Å². The van der Waals surface area contributed by atoms with Gasteiger partial charge in [-0.2, -0.15) is 0 Å². The molecular weight excluding hydrogens is 308 g/mol. The summed E-state index contributed by atoms with van der Waals surface area (Å²) in [5, 5.41) is 3.74. The number of benzene rings is 2. The van der Waals surface area contributed by atoms with E-state index in [0.29, 0.717) is 16.9 Å². The minimum Gasteiger partial charge on any atom is -0.459 e. The lowest BCUT2D eigenvalue weighted by Crippen LogP contribution is -2.30. The molecule has 4 rings (SSSR count). The van der Waals surface area contributed by atoms with Gasteiger partial charge in [-0.25, -0.2) is 4.79 Å². The van der Waals surface area contributed by atoms with Crippen molar-refractivity contribution in [1.82, 2.24) is 9.88 Å². The molecule has 0 spiro atoms. The first-order valence-electron chi connectivity index (χ1n) is 7.53. The molecule has 0 radical (unpaired) electrons. The van der Waals surface area contributed by atoms with Crippen LogP contribution in [0.25, 0.3) is 22.1 Å². The van der Waals surface area contributed by atoms with Gasteiger partial charge >= 0.3 is 5.76 Å². The van der Waals surface area contributed by atoms with Crippen molar-refractivity contribution in [2.24, 2.45) is 0 Å². The Morgan fingerprint density at radius 3 is 2.58 bits per heavy atom. The topological polar surface area (TPSA) is 77.4 Å². The highest BCUT2D eigenvalue weighted by Gasteiger charge is 2.12. The largest absolute Gasteiger partial charge is 0.459 e. The Balaban J connectivity index is 1.48. The maximum atomic E-state index is 12.1. The van der Waals surface area contributed by atoms with Gasteiger partial charge in [0, 0.05) is 5.39 Å². The lowest BCUT2D eigenvalue weighted by Gasteiger charge is -2.03. The van der Waals surface area contributed by atoms with Gasteiger partial charge in [0.2, 0.25) is 5.91 Å². The highest BCUT2D eigenvalue weighted by Crippen LogP contribution is 2.18. The zero-order chi connectivity index (χ0) is 16.5. The molecule has 4 aromatic rings. The lowest BCUT2D eigenvalue weighted by molar-refractivity contribution is -0.121. The molecule has 0 fully saturated rings. The number of carbonyl (C=O) groups excluding carboxylic acids is 1. The van der Waals surface area contributed by atoms with E-state index in [1.165, 1.54) is 4.57 Å². The third-order valence-electron chi connectivity index (χ3n) is 3.81. The normalized spacial score (nSPS) is 11.2. The van der Waals surface area contributed by atoms with Crippen LogP contribution in [-0.2, 0) is 17.9 Å². The number of rotatable bonds is 4. The first kappa shape index (κ1) is 14.3. The molecular formula is C18H14N2O4. The first-order valence-corrected chi connectivity index (χ1v) is 7.53. The van der Waals surface area contributed by atoms with Gasteiger partial charge in [0.25, 0.3) is 0 Å². The van der Waals surface area contributed by atoms with Crippen LogP contribution in [0, 0.1) is 0 Å². The van der Waals surface area contributed by atoms with Crippen LogP contribution in [0.4, 0.5) is 0 Å². The minimum atomic E-state index is -0.546. The highest BCUT2D eigenvalue weighted by molar-refractivity contribution is 5.80. The number of aromatic nitrogens is 1. The fourth-order valence-corrected chi connectivity index (χ4v) is 2.67. The monoisotopic (exact) mass is 322 g/mol. The molecule has 0 aliphatic carbocycles. The molecule has 0 aliphatic heterocycles. The summed E-state index contributed by atoms with van der Waals surface area (Å²) in [5.74, 6) is -0.173. The number of amides is 1. The zero-order valence-electron chi connectivity index (χ0n) is 12.7. The van der Waals surface area contributed by atoms with Gasteiger partial charge in [0.05, 0.1) is 12.1 Å². The number of fused-ring (bicyclic) bond motifs is 2. The van der Waals surface area contributed by atoms with Crippen molar-refractivity contribution in [1.29, 1.82) is 0 Å². The number of hydrogen-bond acceptors (Lipinski definition) is 4. The molecule has 24 heavy (non-hydrogen) atoms. The van der Waals surface area contributed by atoms with E-state index in [4.69, 9.17) is 8.83 Å². The Kier molecular flexibility index (Phi) is 3.42. The smallest absolute Gasteiger partial charge is 0.420 e. The second-order valence-corrected chi connectivity index (χ2v) is 5.45. The molecule has 2 heterocycles. The van der Waals surface area contributed by atoms with Gasteiger partial charge in [0.15, 0.2) is 5.58 Å². The summed E-state index contributed by atoms with van der Waals surface area (Å²) < 4.78 is 12.1. The average Bonchev–Trinajstić information content (AvgIpc) is 3.14. The Morgan fingerprint density at radius 1 is 1.00 bits per heavy atom. The van der Waals surface area contributed by atoms with Crippen LogP contribution < -0.4 is 11.1 Å². The molecule has 2 aromatic heterocycles. The summed E-state index contributed by atoms with van der Waals surface area (Å²) in [6.07, 6.45) is 0. The molecule has 120 valence electrons. The van der Waals surface area contributed by atoms with Crippen molar-refractivity contribution < 1.29 is 13.6 Å². The third kappa shape index (κ3) is 2.58. The number of nitrogens with one attached hydrogen (secondary N) is 1. The fourth-order valence-electron chi connectivity index (χ4n) is 2.67. The average molecular weight is 322 g/mol. The maximum absolute atomic E-state index is 12.1. The van der Waals surface area contributed by atoms with Crippen molar-refractivity contribution in [3.8, 4) is 0 Å². The lowest BCUT2D eigenvalue weighted by atomic mass is 10.2. The first-order chi connectivity index (χ1) is 11.7. The molecule has 0 unspecified atom stereocenters. The molecule has 0 saturated heterocycles. The summed E-state index contributed by atoms with van der Waals surface area (Å²) in [4.78, 5) is 24.0. The molecule has 0 saturated carbocycles. The van der Waals surface area contributed by atoms with E-state index in [2.05, 4.69) is 5.32 Å². The SMILES string of the molecule is O=C(Cn1c(=O)oc2ccccc21)NCc1cc2ccccc2o1. The van der Waals surface area contributed by atoms with Crippen molar-refractivity contribution >= 4 is 28.0 Å². The van der Waals surface area contributed by atoms with Gasteiger partial charge in [0.1, 0.15) is 17.9 Å². The zero-order valence-corrected chi connectivity index (χ0v) is 12.7. The molecule has 0 aliphatic rings. The Hall–Kier alpha value is -3.28. The predicted octanol–water partition coefficient (Wildman–Crippen LogP) is 2.66. The number of oxazole rings is 1. The number of nitrogens with zero attached hydrogens (tertiary/aromatic N) is 1. The van der Waals surface area contributed by atoms with Crippen molar-refractivity contribution in [3.05, 3.63) is 70.9 Å². The molecule has 6 heteroatoms. The molecule has 0 atom stereocenters. The van der Waals surface area contributed by atoms with Gasteiger partial charge in [-0.3, -0.25) is 9.36 Å². The maximum Gasteiger partial charge on any atom is 0.420 e. The number of hydrogen-bond donors (Lipinski definition) is 1. The Labute approximate surface area is 136 Å². The van der Waals surface area contributed by atoms with Gasteiger partial charge in [-0.1, -0.05) is 30.3 Å². The molecule has 0 bridgehead atoms. The Morgan fingerprint density at radius 2 is 1.75 bits per heavy atom. The summed E-state index contributed by atoms with van der Waals surface area (Å²) in [5.41, 5.74) is 1.84. The predicted molar refractivity (Wildman–Crippen MR) is 88.5 cm³/mol. The van der Waals surface area contributed by atoms with E-state index in [1.807, 2.05) is 30.3 Å². The van der Waals surface area contributed by atoms with Crippen LogP contribution in [0.3, 0.4) is 0 Å². The second kappa shape index (κ2) is 5.73. The van der Waals surface area contributed by atoms with Gasteiger partial charge in [-0.15, -0.1) is 0 Å². The standard InChI is InChI=1S/C18H14N2O4/c21-17(11-20-14-6-2-4-8-16(14)24-18(20)22)19-10-13-9-12-5-1-3-7-15(12)23-13/h1-9H,10-11H2,(H,19,21). The van der Waals surface area contributed by atoms with Crippen LogP contribution in [0.1, 0.15) is 5.76 Å². The van der Waals surface area contributed by atoms with Crippen LogP contribution >= 0.6 is 0 Å². The van der Waals surface area contributed by atoms with Gasteiger partial charge in [-0.05, 0) is 24.3 Å². The van der Waals surface area contributed by atoms with Crippen LogP contribution in [-0.4, -0.2) is 10.5 Å². The fraction of sp³-hybridized carbons (Fsp3) is 0.111. The van der Waals surface area contributed by atoms with Crippen molar-refractivity contribution in [2.45, 2.75) is 13.1 Å². The molecule has 6 nitrogen and oxygen atoms in total. The van der Waals surface area contributed by atoms with E-state index < -0.39 is 5.76 Å². The van der Waals surface area contributed by atoms with E-state index in [9.17, 15) is 9.59 Å². The Bertz CT molecular complexity index is 1050.